The third-order valence-electron chi connectivity index (χ3n) is 5.30. The lowest BCUT2D eigenvalue weighted by atomic mass is 9.99. The molecule has 1 amide bonds. The lowest BCUT2D eigenvalue weighted by Gasteiger charge is -2.35. The first kappa shape index (κ1) is 16.6. The second-order valence-corrected chi connectivity index (χ2v) is 7.48. The Bertz CT molecular complexity index is 801. The van der Waals surface area contributed by atoms with E-state index in [0.717, 1.165) is 62.4 Å². The van der Waals surface area contributed by atoms with Gasteiger partial charge in [-0.05, 0) is 56.7 Å². The van der Waals surface area contributed by atoms with Crippen LogP contribution in [0.2, 0.25) is 5.02 Å². The second-order valence-electron chi connectivity index (χ2n) is 7.08. The first-order chi connectivity index (χ1) is 12.1. The van der Waals surface area contributed by atoms with Crippen molar-refractivity contribution in [3.8, 4) is 0 Å². The quantitative estimate of drug-likeness (QED) is 0.816. The minimum Gasteiger partial charge on any atom is -0.328 e. The van der Waals surface area contributed by atoms with Gasteiger partial charge in [0, 0.05) is 19.5 Å². The maximum Gasteiger partial charge on any atom is 0.255 e. The number of rotatable bonds is 2. The molecule has 6 heteroatoms. The predicted molar refractivity (Wildman–Crippen MR) is 96.8 cm³/mol. The first-order valence-electron chi connectivity index (χ1n) is 9.14. The Balaban J connectivity index is 1.67. The number of carbonyl (C=O) groups excluding carboxylic acids is 1. The van der Waals surface area contributed by atoms with Crippen molar-refractivity contribution in [2.75, 3.05) is 6.54 Å². The zero-order chi connectivity index (χ0) is 17.4. The van der Waals surface area contributed by atoms with Crippen molar-refractivity contribution in [3.63, 3.8) is 0 Å². The van der Waals surface area contributed by atoms with Gasteiger partial charge in [-0.25, -0.2) is 0 Å². The fraction of sp³-hybridized carbons (Fsp3) is 0.526. The van der Waals surface area contributed by atoms with Crippen molar-refractivity contribution < 1.29 is 4.79 Å². The monoisotopic (exact) mass is 358 g/mol. The number of fused-ring (bicyclic) bond motifs is 1. The molecule has 132 valence electrons. The molecule has 0 radical (unpaired) electrons. The van der Waals surface area contributed by atoms with Gasteiger partial charge in [0.05, 0.1) is 16.6 Å². The average molecular weight is 359 g/mol. The van der Waals surface area contributed by atoms with Crippen LogP contribution in [0.25, 0.3) is 0 Å². The summed E-state index contributed by atoms with van der Waals surface area (Å²) in [5.74, 6) is 2.02. The van der Waals surface area contributed by atoms with Crippen LogP contribution in [0.15, 0.2) is 18.2 Å². The first-order valence-corrected chi connectivity index (χ1v) is 9.52. The molecule has 1 atom stereocenters. The summed E-state index contributed by atoms with van der Waals surface area (Å²) in [5, 5.41) is 9.37. The Kier molecular flexibility index (Phi) is 4.50. The minimum absolute atomic E-state index is 0.00188. The summed E-state index contributed by atoms with van der Waals surface area (Å²) in [7, 11) is 0. The van der Waals surface area contributed by atoms with Crippen molar-refractivity contribution in [1.82, 2.24) is 19.7 Å². The molecular formula is C19H23ClN4O. The maximum absolute atomic E-state index is 13.2. The molecule has 5 nitrogen and oxygen atoms in total. The Labute approximate surface area is 153 Å². The van der Waals surface area contributed by atoms with Crippen LogP contribution in [0, 0.1) is 6.92 Å². The SMILES string of the molecule is Cc1ccc(C(=O)N2CCCC[C@@H]2c2nnc3n2CCCC3)c(Cl)c1. The number of hydrogen-bond donors (Lipinski definition) is 0. The molecule has 4 rings (SSSR count). The molecule has 1 aromatic carbocycles. The lowest BCUT2D eigenvalue weighted by Crippen LogP contribution is -2.40. The summed E-state index contributed by atoms with van der Waals surface area (Å²) in [4.78, 5) is 15.1. The molecule has 1 fully saturated rings. The molecule has 2 aromatic rings. The molecule has 0 spiro atoms. The number of likely N-dealkylation sites (tertiary alicyclic amines) is 1. The molecule has 2 aliphatic rings. The fourth-order valence-corrected chi connectivity index (χ4v) is 4.28. The summed E-state index contributed by atoms with van der Waals surface area (Å²) >= 11 is 6.35. The van der Waals surface area contributed by atoms with Crippen LogP contribution in [0.4, 0.5) is 0 Å². The molecule has 0 N–H and O–H groups in total. The van der Waals surface area contributed by atoms with Gasteiger partial charge in [0.25, 0.3) is 5.91 Å². The van der Waals surface area contributed by atoms with E-state index in [-0.39, 0.29) is 11.9 Å². The Morgan fingerprint density at radius 1 is 1.16 bits per heavy atom. The normalized spacial score (nSPS) is 20.4. The van der Waals surface area contributed by atoms with Crippen molar-refractivity contribution in [3.05, 3.63) is 46.0 Å². The molecule has 1 aromatic heterocycles. The van der Waals surface area contributed by atoms with Crippen LogP contribution < -0.4 is 0 Å². The van der Waals surface area contributed by atoms with E-state index in [9.17, 15) is 4.79 Å². The average Bonchev–Trinajstić information content (AvgIpc) is 3.05. The number of aromatic nitrogens is 3. The highest BCUT2D eigenvalue weighted by molar-refractivity contribution is 6.33. The largest absolute Gasteiger partial charge is 0.328 e. The Hall–Kier alpha value is -1.88. The molecular weight excluding hydrogens is 336 g/mol. The standard InChI is InChI=1S/C19H23ClN4O/c1-13-8-9-14(15(20)12-13)19(25)23-10-4-2-6-16(23)18-22-21-17-7-3-5-11-24(17)18/h8-9,12,16H,2-7,10-11H2,1H3/t16-/m1/s1. The lowest BCUT2D eigenvalue weighted by molar-refractivity contribution is 0.0593. The zero-order valence-electron chi connectivity index (χ0n) is 14.5. The highest BCUT2D eigenvalue weighted by Crippen LogP contribution is 2.33. The van der Waals surface area contributed by atoms with E-state index in [1.165, 1.54) is 6.42 Å². The van der Waals surface area contributed by atoms with Gasteiger partial charge in [-0.1, -0.05) is 17.7 Å². The summed E-state index contributed by atoms with van der Waals surface area (Å²) in [6.45, 7) is 3.68. The minimum atomic E-state index is -0.00188. The summed E-state index contributed by atoms with van der Waals surface area (Å²) in [6.07, 6.45) is 6.38. The van der Waals surface area contributed by atoms with Crippen LogP contribution in [0.1, 0.15) is 65.7 Å². The fourth-order valence-electron chi connectivity index (χ4n) is 3.97. The van der Waals surface area contributed by atoms with Gasteiger partial charge in [0.15, 0.2) is 5.82 Å². The number of aryl methyl sites for hydroxylation is 2. The zero-order valence-corrected chi connectivity index (χ0v) is 15.3. The van der Waals surface area contributed by atoms with Gasteiger partial charge >= 0.3 is 0 Å². The highest BCUT2D eigenvalue weighted by atomic mass is 35.5. The van der Waals surface area contributed by atoms with Crippen molar-refractivity contribution in [1.29, 1.82) is 0 Å². The van der Waals surface area contributed by atoms with Crippen molar-refractivity contribution >= 4 is 17.5 Å². The molecule has 0 saturated carbocycles. The van der Waals surface area contributed by atoms with Crippen molar-refractivity contribution in [2.24, 2.45) is 0 Å². The number of halogens is 1. The van der Waals surface area contributed by atoms with Crippen LogP contribution in [0.5, 0.6) is 0 Å². The van der Waals surface area contributed by atoms with E-state index in [0.29, 0.717) is 10.6 Å². The van der Waals surface area contributed by atoms with E-state index in [4.69, 9.17) is 11.6 Å². The predicted octanol–water partition coefficient (Wildman–Crippen LogP) is 3.94. The van der Waals surface area contributed by atoms with Crippen LogP contribution >= 0.6 is 11.6 Å². The highest BCUT2D eigenvalue weighted by Gasteiger charge is 2.34. The molecule has 2 aliphatic heterocycles. The van der Waals surface area contributed by atoms with Gasteiger partial charge in [0.1, 0.15) is 5.82 Å². The van der Waals surface area contributed by atoms with Gasteiger partial charge < -0.3 is 9.47 Å². The van der Waals surface area contributed by atoms with Crippen LogP contribution in [0.3, 0.4) is 0 Å². The van der Waals surface area contributed by atoms with E-state index >= 15 is 0 Å². The number of hydrogen-bond acceptors (Lipinski definition) is 3. The Morgan fingerprint density at radius 2 is 2.00 bits per heavy atom. The van der Waals surface area contributed by atoms with Crippen LogP contribution in [-0.2, 0) is 13.0 Å². The number of carbonyl (C=O) groups is 1. The van der Waals surface area contributed by atoms with Crippen LogP contribution in [-0.4, -0.2) is 32.1 Å². The number of amides is 1. The molecule has 0 aliphatic carbocycles. The number of benzene rings is 1. The maximum atomic E-state index is 13.2. The van der Waals surface area contributed by atoms with Gasteiger partial charge in [0.2, 0.25) is 0 Å². The third-order valence-corrected chi connectivity index (χ3v) is 5.62. The summed E-state index contributed by atoms with van der Waals surface area (Å²) in [6, 6.07) is 5.63. The number of nitrogens with zero attached hydrogens (tertiary/aromatic N) is 4. The molecule has 3 heterocycles. The third kappa shape index (κ3) is 3.06. The smallest absolute Gasteiger partial charge is 0.255 e. The second kappa shape index (κ2) is 6.79. The summed E-state index contributed by atoms with van der Waals surface area (Å²) in [5.41, 5.74) is 1.64. The van der Waals surface area contributed by atoms with Gasteiger partial charge in [-0.15, -0.1) is 10.2 Å². The van der Waals surface area contributed by atoms with Gasteiger partial charge in [-0.2, -0.15) is 0 Å². The van der Waals surface area contributed by atoms with E-state index in [1.807, 2.05) is 30.0 Å². The molecule has 1 saturated heterocycles. The van der Waals surface area contributed by atoms with E-state index in [2.05, 4.69) is 14.8 Å². The van der Waals surface area contributed by atoms with E-state index < -0.39 is 0 Å². The number of piperidine rings is 1. The molecule has 0 bridgehead atoms. The van der Waals surface area contributed by atoms with E-state index in [1.54, 1.807) is 0 Å². The van der Waals surface area contributed by atoms with Crippen molar-refractivity contribution in [2.45, 2.75) is 58.0 Å². The topological polar surface area (TPSA) is 51.0 Å². The summed E-state index contributed by atoms with van der Waals surface area (Å²) < 4.78 is 2.23. The molecule has 25 heavy (non-hydrogen) atoms. The van der Waals surface area contributed by atoms with Gasteiger partial charge in [-0.3, -0.25) is 4.79 Å². The molecule has 0 unspecified atom stereocenters. The Morgan fingerprint density at radius 3 is 2.84 bits per heavy atom.